The zero-order valence-corrected chi connectivity index (χ0v) is 11.5. The van der Waals surface area contributed by atoms with Gasteiger partial charge in [0.1, 0.15) is 5.75 Å². The van der Waals surface area contributed by atoms with Gasteiger partial charge in [0.05, 0.1) is 19.6 Å². The van der Waals surface area contributed by atoms with Crippen LogP contribution < -0.4 is 13.1 Å². The summed E-state index contributed by atoms with van der Waals surface area (Å²) in [7, 11) is -6.14. The van der Waals surface area contributed by atoms with E-state index in [0.29, 0.717) is 0 Å². The fourth-order valence-electron chi connectivity index (χ4n) is 1.11. The minimum atomic E-state index is -3.76. The van der Waals surface area contributed by atoms with Crippen molar-refractivity contribution in [1.29, 1.82) is 0 Å². The zero-order chi connectivity index (χ0) is 14.0. The Morgan fingerprint density at radius 3 is 1.89 bits per heavy atom. The van der Waals surface area contributed by atoms with Gasteiger partial charge in [-0.05, 0) is 12.1 Å². The lowest BCUT2D eigenvalue weighted by Gasteiger charge is -2.10. The number of benzene rings is 1. The van der Waals surface area contributed by atoms with Gasteiger partial charge in [-0.1, -0.05) is 0 Å². The molecule has 0 radical (unpaired) electrons. The average Bonchev–Trinajstić information content (AvgIpc) is 2.12. The van der Waals surface area contributed by atoms with E-state index in [1.165, 1.54) is 19.2 Å². The molecule has 0 bridgehead atoms. The van der Waals surface area contributed by atoms with Crippen molar-refractivity contribution >= 4 is 20.2 Å². The van der Waals surface area contributed by atoms with Gasteiger partial charge in [-0.2, -0.15) is 16.8 Å². The zero-order valence-electron chi connectivity index (χ0n) is 9.91. The quantitative estimate of drug-likeness (QED) is 0.724. The molecule has 0 N–H and O–H groups in total. The maximum atomic E-state index is 11.0. The van der Waals surface area contributed by atoms with E-state index < -0.39 is 20.2 Å². The second-order valence-corrected chi connectivity index (χ2v) is 6.54. The minimum Gasteiger partial charge on any atom is -0.493 e. The van der Waals surface area contributed by atoms with Gasteiger partial charge in [0.15, 0.2) is 11.5 Å². The summed E-state index contributed by atoms with van der Waals surface area (Å²) in [4.78, 5) is 0. The minimum absolute atomic E-state index is 0.0723. The second kappa shape index (κ2) is 5.02. The molecule has 0 fully saturated rings. The van der Waals surface area contributed by atoms with Crippen LogP contribution in [0.25, 0.3) is 0 Å². The number of methoxy groups -OCH3 is 1. The lowest BCUT2D eigenvalue weighted by Crippen LogP contribution is -2.08. The highest BCUT2D eigenvalue weighted by Crippen LogP contribution is 2.32. The predicted molar refractivity (Wildman–Crippen MR) is 63.9 cm³/mol. The summed E-state index contributed by atoms with van der Waals surface area (Å²) in [5.74, 6) is -0.0839. The number of rotatable bonds is 5. The molecule has 0 aliphatic rings. The van der Waals surface area contributed by atoms with Crippen molar-refractivity contribution in [1.82, 2.24) is 0 Å². The van der Waals surface area contributed by atoms with Crippen molar-refractivity contribution in [3.05, 3.63) is 18.2 Å². The summed E-state index contributed by atoms with van der Waals surface area (Å²) in [5, 5.41) is 0. The van der Waals surface area contributed by atoms with E-state index in [1.54, 1.807) is 0 Å². The average molecular weight is 296 g/mol. The number of ether oxygens (including phenoxy) is 1. The highest BCUT2D eigenvalue weighted by Gasteiger charge is 2.14. The molecule has 0 aromatic heterocycles. The Hall–Kier alpha value is -1.48. The van der Waals surface area contributed by atoms with E-state index in [-0.39, 0.29) is 17.2 Å². The van der Waals surface area contributed by atoms with Crippen LogP contribution >= 0.6 is 0 Å². The molecule has 0 saturated carbocycles. The van der Waals surface area contributed by atoms with E-state index in [9.17, 15) is 16.8 Å². The molecule has 1 rings (SSSR count). The lowest BCUT2D eigenvalue weighted by atomic mass is 10.3. The van der Waals surface area contributed by atoms with Crippen molar-refractivity contribution < 1.29 is 29.9 Å². The molecule has 7 nitrogen and oxygen atoms in total. The molecule has 0 spiro atoms. The van der Waals surface area contributed by atoms with Crippen LogP contribution in [0.1, 0.15) is 0 Å². The van der Waals surface area contributed by atoms with Gasteiger partial charge in [-0.25, -0.2) is 0 Å². The largest absolute Gasteiger partial charge is 0.493 e. The molecule has 0 atom stereocenters. The predicted octanol–water partition coefficient (Wildman–Crippen LogP) is 0.372. The molecule has 0 aliphatic carbocycles. The van der Waals surface area contributed by atoms with Gasteiger partial charge in [0.2, 0.25) is 0 Å². The smallest absolute Gasteiger partial charge is 0.306 e. The molecule has 0 heterocycles. The van der Waals surface area contributed by atoms with Crippen molar-refractivity contribution in [3.8, 4) is 17.2 Å². The van der Waals surface area contributed by atoms with E-state index in [0.717, 1.165) is 18.6 Å². The van der Waals surface area contributed by atoms with Gasteiger partial charge in [-0.3, -0.25) is 0 Å². The van der Waals surface area contributed by atoms with E-state index in [2.05, 4.69) is 8.37 Å². The van der Waals surface area contributed by atoms with Gasteiger partial charge in [-0.15, -0.1) is 0 Å². The first kappa shape index (κ1) is 14.6. The third kappa shape index (κ3) is 4.80. The second-order valence-electron chi connectivity index (χ2n) is 3.39. The monoisotopic (exact) mass is 296 g/mol. The van der Waals surface area contributed by atoms with Crippen LogP contribution in [-0.2, 0) is 20.2 Å². The molecule has 0 aliphatic heterocycles. The SMILES string of the molecule is COc1ccc(OS(C)(=O)=O)cc1OS(C)(=O)=O. The fourth-order valence-corrected chi connectivity index (χ4v) is 2.02. The Morgan fingerprint density at radius 1 is 0.889 bits per heavy atom. The Balaban J connectivity index is 3.17. The fraction of sp³-hybridized carbons (Fsp3) is 0.333. The third-order valence-electron chi connectivity index (χ3n) is 1.62. The summed E-state index contributed by atoms with van der Waals surface area (Å²) < 4.78 is 58.1. The van der Waals surface area contributed by atoms with Crippen LogP contribution in [0.3, 0.4) is 0 Å². The third-order valence-corrected chi connectivity index (χ3v) is 2.60. The summed E-state index contributed by atoms with van der Waals surface area (Å²) in [5.41, 5.74) is 0. The topological polar surface area (TPSA) is 96.0 Å². The van der Waals surface area contributed by atoms with Crippen molar-refractivity contribution in [2.75, 3.05) is 19.6 Å². The lowest BCUT2D eigenvalue weighted by molar-refractivity contribution is 0.390. The molecule has 102 valence electrons. The van der Waals surface area contributed by atoms with Crippen LogP contribution in [0.4, 0.5) is 0 Å². The molecule has 9 heteroatoms. The van der Waals surface area contributed by atoms with Crippen LogP contribution in [0.5, 0.6) is 17.2 Å². The normalized spacial score (nSPS) is 11.9. The standard InChI is InChI=1S/C9H12O7S2/c1-14-8-5-4-7(15-17(2,10)11)6-9(8)16-18(3,12)13/h4-6H,1-3H3. The molecular weight excluding hydrogens is 284 g/mol. The molecule has 18 heavy (non-hydrogen) atoms. The summed E-state index contributed by atoms with van der Waals surface area (Å²) >= 11 is 0. The Kier molecular flexibility index (Phi) is 4.07. The summed E-state index contributed by atoms with van der Waals surface area (Å²) in [6.45, 7) is 0. The van der Waals surface area contributed by atoms with Crippen LogP contribution in [-0.4, -0.2) is 36.5 Å². The van der Waals surface area contributed by atoms with E-state index in [1.807, 2.05) is 0 Å². The van der Waals surface area contributed by atoms with Gasteiger partial charge < -0.3 is 13.1 Å². The molecule has 0 saturated heterocycles. The van der Waals surface area contributed by atoms with Crippen LogP contribution in [0, 0.1) is 0 Å². The maximum absolute atomic E-state index is 11.0. The Morgan fingerprint density at radius 2 is 1.44 bits per heavy atom. The Bertz CT molecular complexity index is 631. The van der Waals surface area contributed by atoms with Crippen molar-refractivity contribution in [2.24, 2.45) is 0 Å². The van der Waals surface area contributed by atoms with Crippen LogP contribution in [0.2, 0.25) is 0 Å². The first-order valence-electron chi connectivity index (χ1n) is 4.58. The number of hydrogen-bond acceptors (Lipinski definition) is 7. The number of hydrogen-bond donors (Lipinski definition) is 0. The molecule has 0 amide bonds. The first-order valence-corrected chi connectivity index (χ1v) is 8.21. The highest BCUT2D eigenvalue weighted by molar-refractivity contribution is 7.86. The van der Waals surface area contributed by atoms with E-state index >= 15 is 0 Å². The van der Waals surface area contributed by atoms with Gasteiger partial charge in [0, 0.05) is 6.07 Å². The molecule has 0 unspecified atom stereocenters. The Labute approximate surface area is 106 Å². The van der Waals surface area contributed by atoms with Crippen LogP contribution in [0.15, 0.2) is 18.2 Å². The summed E-state index contributed by atoms with van der Waals surface area (Å²) in [6.07, 6.45) is 1.73. The molecular formula is C9H12O7S2. The van der Waals surface area contributed by atoms with Gasteiger partial charge >= 0.3 is 20.2 Å². The van der Waals surface area contributed by atoms with Gasteiger partial charge in [0.25, 0.3) is 0 Å². The highest BCUT2D eigenvalue weighted by atomic mass is 32.2. The molecule has 1 aromatic carbocycles. The maximum Gasteiger partial charge on any atom is 0.306 e. The van der Waals surface area contributed by atoms with Crippen molar-refractivity contribution in [2.45, 2.75) is 0 Å². The van der Waals surface area contributed by atoms with E-state index in [4.69, 9.17) is 4.74 Å². The summed E-state index contributed by atoms with van der Waals surface area (Å²) in [6, 6.07) is 3.76. The van der Waals surface area contributed by atoms with Crippen molar-refractivity contribution in [3.63, 3.8) is 0 Å². The first-order chi connectivity index (χ1) is 8.11. The molecule has 1 aromatic rings.